The SMILES string of the molecule is COc1cc(OC)c(C2(c3c(OC)cc(OC)cc3OC)OCCCO2)c(OC)c1.COc1ccc(C(OC)(OC)c2ccc(OC)cc2)cc1.COc1ccc(C2(c3ccc(OC)cc3)OCC(C)(C)CO2)cc1.COc1ccc(C2(c3ccc(OC)cc3)OCCCCO2)cc1.COc1ccc(C2(c3ccc(OC)cc3)OCCCO2)cc1.COc1ccc(C2(c3ccc(OC)cc3)OCCO2)cc1. The molecule has 0 atom stereocenters. The smallest absolute Gasteiger partial charge is 0.237 e. The lowest BCUT2D eigenvalue weighted by atomic mass is 9.90. The van der Waals surface area contributed by atoms with E-state index in [0.717, 1.165) is 139 Å². The van der Waals surface area contributed by atoms with Crippen LogP contribution in [0.15, 0.2) is 267 Å². The molecule has 28 nitrogen and oxygen atoms in total. The molecule has 28 heteroatoms. The molecule has 0 spiro atoms. The van der Waals surface area contributed by atoms with Crippen LogP contribution in [-0.4, -0.2) is 194 Å². The predicted octanol–water partition coefficient (Wildman–Crippen LogP) is 20.6. The van der Waals surface area contributed by atoms with Gasteiger partial charge in [0.25, 0.3) is 0 Å². The zero-order chi connectivity index (χ0) is 100. The Balaban J connectivity index is 0.000000152. The summed E-state index contributed by atoms with van der Waals surface area (Å²) in [5, 5.41) is 0. The summed E-state index contributed by atoms with van der Waals surface area (Å²) in [4.78, 5) is 0. The van der Waals surface area contributed by atoms with Crippen molar-refractivity contribution in [2.24, 2.45) is 5.41 Å². The third-order valence-electron chi connectivity index (χ3n) is 24.3. The molecular formula is C113H132O28. The Bertz CT molecular complexity index is 5270. The van der Waals surface area contributed by atoms with Crippen LogP contribution >= 0.6 is 0 Å². The van der Waals surface area contributed by atoms with Gasteiger partial charge in [0.2, 0.25) is 34.7 Å². The fourth-order valence-electron chi connectivity index (χ4n) is 16.7. The molecule has 12 aromatic carbocycles. The molecule has 0 N–H and O–H groups in total. The van der Waals surface area contributed by atoms with Crippen LogP contribution in [0, 0.1) is 5.41 Å². The van der Waals surface area contributed by atoms with Crippen LogP contribution in [0.25, 0.3) is 0 Å². The Labute approximate surface area is 827 Å². The highest BCUT2D eigenvalue weighted by Gasteiger charge is 2.50. The lowest BCUT2D eigenvalue weighted by Crippen LogP contribution is -2.46. The zero-order valence-corrected chi connectivity index (χ0v) is 84.2. The minimum atomic E-state index is -1.40. The van der Waals surface area contributed by atoms with Gasteiger partial charge >= 0.3 is 0 Å². The Morgan fingerprint density at radius 2 is 0.355 bits per heavy atom. The first-order chi connectivity index (χ1) is 68.6. The lowest BCUT2D eigenvalue weighted by Gasteiger charge is -2.44. The van der Waals surface area contributed by atoms with Crippen molar-refractivity contribution in [1.29, 1.82) is 0 Å². The summed E-state index contributed by atoms with van der Waals surface area (Å²) in [5.74, 6) is 5.25. The molecule has 0 aliphatic carbocycles. The summed E-state index contributed by atoms with van der Waals surface area (Å²) in [5.41, 5.74) is 10.5. The molecule has 17 rings (SSSR count). The molecule has 0 radical (unpaired) electrons. The van der Waals surface area contributed by atoms with E-state index in [2.05, 4.69) is 13.8 Å². The number of ether oxygens (including phenoxy) is 28. The molecule has 141 heavy (non-hydrogen) atoms. The number of methoxy groups -OCH3 is 18. The van der Waals surface area contributed by atoms with Crippen LogP contribution in [0.4, 0.5) is 0 Å². The standard InChI is InChI=1S/C22H28O8.C20H24O4.C19H22O4.C18H20O4.C17H18O4.C17H20O4/c1-23-14-10-16(25-3)20(17(11-14)26-4)22(29-8-7-9-30-22)21-18(27-5)12-15(24-2)13-19(21)28-6;1-19(2)13-23-20(24-14-19,15-5-9-17(21-3)10-6-15)16-7-11-18(22-4)12-8-16;1-20-17-9-5-15(6-10-17)19(22-13-3-4-14-23-19)16-7-11-18(21-2)12-8-16;1-19-16-8-4-14(5-9-16)18(21-12-3-13-22-18)15-6-10-17(20-2)11-7-15;1-18-15-7-3-13(4-8-15)17(20-11-12-21-17)14-5-9-16(19-2)10-6-14;1-18-15-9-5-13(6-10-15)17(20-3,21-4)14-7-11-16(19-2)12-8-14/h10-13H,7-9H2,1-6H3;5-12H,13-14H2,1-4H3;5-12H,3-4,13-14H2,1-2H3;4-11H,3,12-13H2,1-2H3;3-10H,11-12H2,1-2H3;5-12H,1-4H3. The van der Waals surface area contributed by atoms with Crippen molar-refractivity contribution in [2.75, 3.05) is 194 Å². The first kappa shape index (κ1) is 107. The molecule has 5 fully saturated rings. The summed E-state index contributed by atoms with van der Waals surface area (Å²) in [6.45, 7) is 10.2. The van der Waals surface area contributed by atoms with E-state index in [1.165, 1.54) is 0 Å². The minimum absolute atomic E-state index is 0.0115. The highest BCUT2D eigenvalue weighted by Crippen LogP contribution is 2.55. The van der Waals surface area contributed by atoms with Crippen LogP contribution in [0.2, 0.25) is 0 Å². The van der Waals surface area contributed by atoms with E-state index < -0.39 is 34.7 Å². The average Bonchev–Trinajstić information content (AvgIpc) is 0.980. The number of hydrogen-bond donors (Lipinski definition) is 0. The van der Waals surface area contributed by atoms with Gasteiger partial charge in [-0.2, -0.15) is 0 Å². The summed E-state index contributed by atoms with van der Waals surface area (Å²) >= 11 is 0. The summed E-state index contributed by atoms with van der Waals surface area (Å²) in [7, 11) is 29.2. The van der Waals surface area contributed by atoms with Gasteiger partial charge in [-0.1, -0.05) is 13.8 Å². The van der Waals surface area contributed by atoms with Gasteiger partial charge < -0.3 is 133 Å². The van der Waals surface area contributed by atoms with Gasteiger partial charge in [0.1, 0.15) is 103 Å². The van der Waals surface area contributed by atoms with Crippen molar-refractivity contribution in [2.45, 2.75) is 74.3 Å². The average molecular weight is 1940 g/mol. The Morgan fingerprint density at radius 3 is 0.539 bits per heavy atom. The van der Waals surface area contributed by atoms with Crippen molar-refractivity contribution in [3.8, 4) is 92.0 Å². The van der Waals surface area contributed by atoms with Gasteiger partial charge in [-0.15, -0.1) is 0 Å². The van der Waals surface area contributed by atoms with E-state index in [4.69, 9.17) is 133 Å². The molecular weight excluding hydrogens is 1810 g/mol. The maximum Gasteiger partial charge on any atom is 0.237 e. The molecule has 0 saturated carbocycles. The molecule has 0 unspecified atom stereocenters. The van der Waals surface area contributed by atoms with Crippen LogP contribution < -0.4 is 75.8 Å². The van der Waals surface area contributed by atoms with Gasteiger partial charge in [0.15, 0.2) is 0 Å². The van der Waals surface area contributed by atoms with Gasteiger partial charge in [-0.25, -0.2) is 0 Å². The second-order valence-electron chi connectivity index (χ2n) is 33.2. The fourth-order valence-corrected chi connectivity index (χ4v) is 16.7. The highest BCUT2D eigenvalue weighted by atomic mass is 16.7. The number of hydrogen-bond acceptors (Lipinski definition) is 28. The quantitative estimate of drug-likeness (QED) is 0.0379. The van der Waals surface area contributed by atoms with E-state index in [1.807, 2.05) is 243 Å². The maximum absolute atomic E-state index is 6.33. The van der Waals surface area contributed by atoms with Gasteiger partial charge in [0.05, 0.1) is 180 Å². The summed E-state index contributed by atoms with van der Waals surface area (Å²) in [6, 6.07) is 84.7. The van der Waals surface area contributed by atoms with Crippen LogP contribution in [0.3, 0.4) is 0 Å². The second kappa shape index (κ2) is 50.9. The Hall–Kier alpha value is -13.0. The normalized spacial score (nSPS) is 16.1. The molecule has 0 bridgehead atoms. The molecule has 5 saturated heterocycles. The highest BCUT2D eigenvalue weighted by molar-refractivity contribution is 5.63. The van der Waals surface area contributed by atoms with Gasteiger partial charge in [-0.3, -0.25) is 0 Å². The first-order valence-electron chi connectivity index (χ1n) is 46.2. The van der Waals surface area contributed by atoms with Crippen molar-refractivity contribution >= 4 is 0 Å². The molecule has 5 aliphatic rings. The molecule has 5 heterocycles. The lowest BCUT2D eigenvalue weighted by molar-refractivity contribution is -0.284. The molecule has 12 aromatic rings. The molecule has 0 aromatic heterocycles. The van der Waals surface area contributed by atoms with Crippen LogP contribution in [-0.2, 0) is 91.6 Å². The second-order valence-corrected chi connectivity index (χ2v) is 33.2. The fraction of sp³-hybridized carbons (Fsp3) is 0.363. The van der Waals surface area contributed by atoms with E-state index >= 15 is 0 Å². The van der Waals surface area contributed by atoms with Crippen molar-refractivity contribution in [3.63, 3.8) is 0 Å². The van der Waals surface area contributed by atoms with Crippen molar-refractivity contribution in [1.82, 2.24) is 0 Å². The third kappa shape index (κ3) is 24.8. The topological polar surface area (TPSA) is 258 Å². The summed E-state index contributed by atoms with van der Waals surface area (Å²) in [6.07, 6.45) is 3.62. The molecule has 0 amide bonds. The Morgan fingerprint density at radius 1 is 0.184 bits per heavy atom. The Kier molecular flexibility index (Phi) is 38.5. The third-order valence-corrected chi connectivity index (χ3v) is 24.3. The van der Waals surface area contributed by atoms with E-state index in [-0.39, 0.29) is 5.41 Å². The molecule has 5 aliphatic heterocycles. The van der Waals surface area contributed by atoms with Gasteiger partial charge in [0, 0.05) is 99.5 Å². The van der Waals surface area contributed by atoms with E-state index in [0.29, 0.717) is 112 Å². The monoisotopic (exact) mass is 1940 g/mol. The first-order valence-corrected chi connectivity index (χ1v) is 46.2. The zero-order valence-electron chi connectivity index (χ0n) is 84.2. The van der Waals surface area contributed by atoms with Crippen LogP contribution in [0.1, 0.15) is 106 Å². The number of benzene rings is 12. The van der Waals surface area contributed by atoms with E-state index in [1.54, 1.807) is 152 Å². The van der Waals surface area contributed by atoms with E-state index in [9.17, 15) is 0 Å². The van der Waals surface area contributed by atoms with Crippen molar-refractivity contribution < 1.29 is 133 Å². The van der Waals surface area contributed by atoms with Crippen LogP contribution in [0.5, 0.6) is 92.0 Å². The minimum Gasteiger partial charge on any atom is -0.497 e. The largest absolute Gasteiger partial charge is 0.497 e. The molecule has 752 valence electrons. The van der Waals surface area contributed by atoms with Crippen molar-refractivity contribution in [3.05, 3.63) is 334 Å². The summed E-state index contributed by atoms with van der Waals surface area (Å²) < 4.78 is 159. The maximum atomic E-state index is 6.33. The predicted molar refractivity (Wildman–Crippen MR) is 533 cm³/mol. The number of rotatable bonds is 30. The van der Waals surface area contributed by atoms with Gasteiger partial charge in [-0.05, 0) is 268 Å².